The number of hydrogen-bond acceptors (Lipinski definition) is 4. The number of para-hydroxylation sites is 1. The zero-order chi connectivity index (χ0) is 20.6. The van der Waals surface area contributed by atoms with Crippen LogP contribution in [0.2, 0.25) is 5.02 Å². The smallest absolute Gasteiger partial charge is 0.195 e. The summed E-state index contributed by atoms with van der Waals surface area (Å²) in [6.07, 6.45) is 5.52. The number of methoxy groups -OCH3 is 1. The van der Waals surface area contributed by atoms with Gasteiger partial charge < -0.3 is 9.47 Å². The van der Waals surface area contributed by atoms with E-state index in [1.165, 1.54) is 4.88 Å². The van der Waals surface area contributed by atoms with E-state index < -0.39 is 0 Å². The molecule has 3 aromatic rings. The van der Waals surface area contributed by atoms with Gasteiger partial charge in [-0.15, -0.1) is 11.3 Å². The van der Waals surface area contributed by atoms with Crippen molar-refractivity contribution >= 4 is 34.8 Å². The number of carbonyl (C=O) groups is 1. The summed E-state index contributed by atoms with van der Waals surface area (Å²) in [7, 11) is 1.62. The molecule has 2 aromatic carbocycles. The highest BCUT2D eigenvalue weighted by molar-refractivity contribution is 7.14. The number of aryl methyl sites for hydroxylation is 1. The number of ether oxygens (including phenoxy) is 2. The maximum Gasteiger partial charge on any atom is 0.195 e. The number of ketones is 1. The molecule has 0 spiro atoms. The first kappa shape index (κ1) is 21.2. The van der Waals surface area contributed by atoms with Gasteiger partial charge in [-0.25, -0.2) is 0 Å². The summed E-state index contributed by atoms with van der Waals surface area (Å²) in [5.41, 5.74) is 1.78. The van der Waals surface area contributed by atoms with E-state index >= 15 is 0 Å². The second kappa shape index (κ2) is 10.3. The summed E-state index contributed by atoms with van der Waals surface area (Å²) < 4.78 is 11.3. The first-order chi connectivity index (χ1) is 14.1. The topological polar surface area (TPSA) is 35.5 Å². The van der Waals surface area contributed by atoms with Crippen molar-refractivity contribution in [3.8, 4) is 11.5 Å². The second-order valence-electron chi connectivity index (χ2n) is 6.50. The fourth-order valence-electron chi connectivity index (χ4n) is 2.88. The third-order valence-electron chi connectivity index (χ3n) is 4.35. The summed E-state index contributed by atoms with van der Waals surface area (Å²) in [5.74, 6) is 1.36. The van der Waals surface area contributed by atoms with Crippen LogP contribution in [0.25, 0.3) is 6.08 Å². The van der Waals surface area contributed by atoms with Crippen LogP contribution < -0.4 is 9.47 Å². The summed E-state index contributed by atoms with van der Waals surface area (Å²) in [5, 5.41) is 0.562. The first-order valence-electron chi connectivity index (χ1n) is 9.46. The maximum atomic E-state index is 12.5. The molecule has 150 valence electrons. The largest absolute Gasteiger partial charge is 0.496 e. The quantitative estimate of drug-likeness (QED) is 0.277. The summed E-state index contributed by atoms with van der Waals surface area (Å²) >= 11 is 7.72. The third kappa shape index (κ3) is 5.72. The predicted molar refractivity (Wildman–Crippen MR) is 120 cm³/mol. The van der Waals surface area contributed by atoms with Crippen LogP contribution in [0.15, 0.2) is 60.7 Å². The Kier molecular flexibility index (Phi) is 7.50. The molecule has 0 saturated carbocycles. The van der Waals surface area contributed by atoms with Crippen molar-refractivity contribution in [2.24, 2.45) is 0 Å². The van der Waals surface area contributed by atoms with Crippen molar-refractivity contribution in [1.29, 1.82) is 0 Å². The summed E-state index contributed by atoms with van der Waals surface area (Å²) in [6, 6.07) is 17.0. The molecule has 3 nitrogen and oxygen atoms in total. The SMILES string of the molecule is CCCc1ccc(C(=O)/C=C/c2ccc(OC)c(COc3ccccc3Cl)c2)s1. The standard InChI is InChI=1S/C24H23ClO3S/c1-3-6-19-11-14-24(29-19)21(26)12-9-17-10-13-22(27-2)18(15-17)16-28-23-8-5-4-7-20(23)25/h4-5,7-15H,3,6,16H2,1-2H3/b12-9+. The molecular formula is C24H23ClO3S. The zero-order valence-corrected chi connectivity index (χ0v) is 18.1. The van der Waals surface area contributed by atoms with Crippen molar-refractivity contribution in [1.82, 2.24) is 0 Å². The van der Waals surface area contributed by atoms with Crippen LogP contribution in [0, 0.1) is 0 Å². The molecule has 0 aliphatic rings. The van der Waals surface area contributed by atoms with E-state index in [1.54, 1.807) is 30.6 Å². The van der Waals surface area contributed by atoms with Crippen LogP contribution >= 0.6 is 22.9 Å². The van der Waals surface area contributed by atoms with Crippen LogP contribution in [-0.2, 0) is 13.0 Å². The maximum absolute atomic E-state index is 12.5. The average Bonchev–Trinajstić information content (AvgIpc) is 3.20. The van der Waals surface area contributed by atoms with Crippen LogP contribution in [0.3, 0.4) is 0 Å². The molecule has 0 saturated heterocycles. The lowest BCUT2D eigenvalue weighted by atomic mass is 10.1. The molecule has 0 unspecified atom stereocenters. The first-order valence-corrected chi connectivity index (χ1v) is 10.7. The average molecular weight is 427 g/mol. The number of allylic oxidation sites excluding steroid dienone is 1. The van der Waals surface area contributed by atoms with Crippen LogP contribution in [-0.4, -0.2) is 12.9 Å². The van der Waals surface area contributed by atoms with Gasteiger partial charge in [0.15, 0.2) is 5.78 Å². The van der Waals surface area contributed by atoms with E-state index in [2.05, 4.69) is 6.92 Å². The molecule has 1 heterocycles. The molecule has 0 aliphatic carbocycles. The number of halogens is 1. The lowest BCUT2D eigenvalue weighted by molar-refractivity contribution is 0.105. The van der Waals surface area contributed by atoms with E-state index in [1.807, 2.05) is 54.6 Å². The van der Waals surface area contributed by atoms with Gasteiger partial charge in [0.1, 0.15) is 18.1 Å². The molecule has 5 heteroatoms. The van der Waals surface area contributed by atoms with Gasteiger partial charge >= 0.3 is 0 Å². The lowest BCUT2D eigenvalue weighted by Gasteiger charge is -2.12. The third-order valence-corrected chi connectivity index (χ3v) is 5.82. The molecule has 3 rings (SSSR count). The molecule has 29 heavy (non-hydrogen) atoms. The fraction of sp³-hybridized carbons (Fsp3) is 0.208. The van der Waals surface area contributed by atoms with Crippen molar-refractivity contribution in [2.75, 3.05) is 7.11 Å². The van der Waals surface area contributed by atoms with Gasteiger partial charge in [-0.05, 0) is 54.5 Å². The Labute approximate surface area is 180 Å². The summed E-state index contributed by atoms with van der Waals surface area (Å²) in [4.78, 5) is 14.5. The molecule has 0 atom stereocenters. The monoisotopic (exact) mass is 426 g/mol. The van der Waals surface area contributed by atoms with Gasteiger partial charge in [0.2, 0.25) is 0 Å². The number of thiophene rings is 1. The Morgan fingerprint density at radius 1 is 1.10 bits per heavy atom. The van der Waals surface area contributed by atoms with Crippen LogP contribution in [0.5, 0.6) is 11.5 Å². The normalized spacial score (nSPS) is 11.0. The fourth-order valence-corrected chi connectivity index (χ4v) is 4.10. The van der Waals surface area contributed by atoms with E-state index in [4.69, 9.17) is 21.1 Å². The van der Waals surface area contributed by atoms with E-state index in [-0.39, 0.29) is 5.78 Å². The molecule has 0 N–H and O–H groups in total. The Hall–Kier alpha value is -2.56. The van der Waals surface area contributed by atoms with Gasteiger partial charge in [0, 0.05) is 10.4 Å². The lowest BCUT2D eigenvalue weighted by Crippen LogP contribution is -1.99. The van der Waals surface area contributed by atoms with E-state index in [9.17, 15) is 4.79 Å². The number of hydrogen-bond donors (Lipinski definition) is 0. The van der Waals surface area contributed by atoms with Gasteiger partial charge in [-0.1, -0.05) is 49.2 Å². The second-order valence-corrected chi connectivity index (χ2v) is 8.08. The minimum atomic E-state index is 0.0158. The minimum Gasteiger partial charge on any atom is -0.496 e. The van der Waals surface area contributed by atoms with E-state index in [0.717, 1.165) is 34.6 Å². The molecule has 0 aliphatic heterocycles. The van der Waals surface area contributed by atoms with Crippen molar-refractivity contribution in [3.63, 3.8) is 0 Å². The molecule has 0 radical (unpaired) electrons. The molecule has 1 aromatic heterocycles. The molecule has 0 amide bonds. The molecular weight excluding hydrogens is 404 g/mol. The van der Waals surface area contributed by atoms with Gasteiger partial charge in [-0.2, -0.15) is 0 Å². The predicted octanol–water partition coefficient (Wildman–Crippen LogP) is 6.84. The minimum absolute atomic E-state index is 0.0158. The Bertz CT molecular complexity index is 1010. The van der Waals surface area contributed by atoms with Crippen molar-refractivity contribution in [3.05, 3.63) is 86.6 Å². The van der Waals surface area contributed by atoms with Crippen molar-refractivity contribution < 1.29 is 14.3 Å². The number of rotatable bonds is 9. The van der Waals surface area contributed by atoms with Crippen LogP contribution in [0.4, 0.5) is 0 Å². The highest BCUT2D eigenvalue weighted by Crippen LogP contribution is 2.27. The van der Waals surface area contributed by atoms with Crippen LogP contribution in [0.1, 0.15) is 39.0 Å². The highest BCUT2D eigenvalue weighted by Gasteiger charge is 2.08. The van der Waals surface area contributed by atoms with Crippen molar-refractivity contribution in [2.45, 2.75) is 26.4 Å². The number of benzene rings is 2. The Morgan fingerprint density at radius 3 is 2.69 bits per heavy atom. The Morgan fingerprint density at radius 2 is 1.93 bits per heavy atom. The number of carbonyl (C=O) groups excluding carboxylic acids is 1. The zero-order valence-electron chi connectivity index (χ0n) is 16.5. The highest BCUT2D eigenvalue weighted by atomic mass is 35.5. The molecule has 0 fully saturated rings. The molecule has 0 bridgehead atoms. The Balaban J connectivity index is 1.72. The van der Waals surface area contributed by atoms with Gasteiger partial charge in [-0.3, -0.25) is 4.79 Å². The van der Waals surface area contributed by atoms with Gasteiger partial charge in [0.25, 0.3) is 0 Å². The summed E-state index contributed by atoms with van der Waals surface area (Å²) in [6.45, 7) is 2.45. The van der Waals surface area contributed by atoms with Gasteiger partial charge in [0.05, 0.1) is 17.0 Å². The van der Waals surface area contributed by atoms with E-state index in [0.29, 0.717) is 17.4 Å².